The van der Waals surface area contributed by atoms with Crippen molar-refractivity contribution >= 4 is 36.4 Å². The molecule has 4 rings (SSSR count). The van der Waals surface area contributed by atoms with E-state index in [4.69, 9.17) is 0 Å². The van der Waals surface area contributed by atoms with Crippen molar-refractivity contribution in [2.45, 2.75) is 0 Å². The first-order chi connectivity index (χ1) is 12.1. The van der Waals surface area contributed by atoms with E-state index >= 15 is 0 Å². The summed E-state index contributed by atoms with van der Waals surface area (Å²) in [6, 6.07) is 10.3. The van der Waals surface area contributed by atoms with E-state index in [1.54, 1.807) is 6.20 Å². The van der Waals surface area contributed by atoms with Gasteiger partial charge in [0.25, 0.3) is 5.91 Å². The van der Waals surface area contributed by atoms with E-state index < -0.39 is 0 Å². The normalized spacial score (nSPS) is 20.4. The lowest BCUT2D eigenvalue weighted by Gasteiger charge is -2.18. The van der Waals surface area contributed by atoms with Gasteiger partial charge in [0, 0.05) is 63.9 Å². The van der Waals surface area contributed by atoms with Gasteiger partial charge in [-0.05, 0) is 35.6 Å². The van der Waals surface area contributed by atoms with E-state index in [-0.39, 0.29) is 30.7 Å². The highest BCUT2D eigenvalue weighted by Crippen LogP contribution is 2.28. The van der Waals surface area contributed by atoms with Gasteiger partial charge in [-0.3, -0.25) is 9.78 Å². The van der Waals surface area contributed by atoms with Gasteiger partial charge in [-0.2, -0.15) is 0 Å². The summed E-state index contributed by atoms with van der Waals surface area (Å²) in [5.74, 6) is 1.33. The summed E-state index contributed by atoms with van der Waals surface area (Å²) in [5.41, 5.74) is 3.90. The van der Waals surface area contributed by atoms with Crippen LogP contribution in [0.15, 0.2) is 42.7 Å². The van der Waals surface area contributed by atoms with Crippen molar-refractivity contribution in [3.63, 3.8) is 0 Å². The number of anilines is 1. The molecule has 1 aromatic carbocycles. The Kier molecular flexibility index (Phi) is 7.09. The zero-order valence-corrected chi connectivity index (χ0v) is 17.2. The molecule has 1 N–H and O–H groups in total. The van der Waals surface area contributed by atoms with Gasteiger partial charge in [-0.1, -0.05) is 12.1 Å². The summed E-state index contributed by atoms with van der Waals surface area (Å²) >= 11 is 0. The van der Waals surface area contributed by atoms with E-state index in [1.165, 1.54) is 0 Å². The fraction of sp³-hybridized carbons (Fsp3) is 0.400. The minimum atomic E-state index is 0. The van der Waals surface area contributed by atoms with Crippen LogP contribution in [0.25, 0.3) is 11.1 Å². The van der Waals surface area contributed by atoms with Crippen molar-refractivity contribution in [3.8, 4) is 11.1 Å². The molecule has 27 heavy (non-hydrogen) atoms. The molecule has 3 heterocycles. The number of likely N-dealkylation sites (tertiary alicyclic amines) is 1. The fourth-order valence-electron chi connectivity index (χ4n) is 3.87. The Morgan fingerprint density at radius 3 is 2.26 bits per heavy atom. The Labute approximate surface area is 173 Å². The van der Waals surface area contributed by atoms with Crippen LogP contribution >= 0.6 is 24.8 Å². The highest BCUT2D eigenvalue weighted by Gasteiger charge is 2.38. The van der Waals surface area contributed by atoms with Crippen molar-refractivity contribution in [2.24, 2.45) is 11.8 Å². The Hall–Kier alpha value is -1.82. The van der Waals surface area contributed by atoms with Crippen LogP contribution in [0.5, 0.6) is 0 Å². The smallest absolute Gasteiger partial charge is 0.255 e. The van der Waals surface area contributed by atoms with E-state index in [0.717, 1.165) is 43.0 Å². The Morgan fingerprint density at radius 1 is 1.04 bits per heavy atom. The minimum absolute atomic E-state index is 0. The Morgan fingerprint density at radius 2 is 1.67 bits per heavy atom. The van der Waals surface area contributed by atoms with Crippen molar-refractivity contribution < 1.29 is 4.79 Å². The molecule has 0 bridgehead atoms. The Balaban J connectivity index is 0.00000131. The third-order valence-corrected chi connectivity index (χ3v) is 5.38. The summed E-state index contributed by atoms with van der Waals surface area (Å²) in [4.78, 5) is 21.2. The first-order valence-electron chi connectivity index (χ1n) is 8.84. The molecule has 146 valence electrons. The van der Waals surface area contributed by atoms with Gasteiger partial charge >= 0.3 is 0 Å². The molecule has 0 spiro atoms. The molecule has 2 fully saturated rings. The number of hydrogen-bond acceptors (Lipinski definition) is 4. The molecule has 0 aliphatic carbocycles. The van der Waals surface area contributed by atoms with Crippen molar-refractivity contribution in [1.82, 2.24) is 15.2 Å². The Bertz CT molecular complexity index is 770. The van der Waals surface area contributed by atoms with Crippen LogP contribution < -0.4 is 10.2 Å². The van der Waals surface area contributed by atoms with Crippen LogP contribution in [0, 0.1) is 11.8 Å². The zero-order chi connectivity index (χ0) is 17.4. The van der Waals surface area contributed by atoms with Gasteiger partial charge in [-0.25, -0.2) is 0 Å². The molecule has 2 aromatic rings. The number of nitrogens with zero attached hydrogens (tertiary/aromatic N) is 3. The van der Waals surface area contributed by atoms with E-state index in [0.29, 0.717) is 17.4 Å². The van der Waals surface area contributed by atoms with Crippen molar-refractivity contribution in [2.75, 3.05) is 45.2 Å². The topological polar surface area (TPSA) is 48.5 Å². The van der Waals surface area contributed by atoms with Crippen LogP contribution in [0.3, 0.4) is 0 Å². The first-order valence-corrected chi connectivity index (χ1v) is 8.84. The highest BCUT2D eigenvalue weighted by atomic mass is 35.5. The van der Waals surface area contributed by atoms with Crippen molar-refractivity contribution in [1.29, 1.82) is 0 Å². The van der Waals surface area contributed by atoms with E-state index in [9.17, 15) is 4.79 Å². The molecule has 2 aliphatic heterocycles. The summed E-state index contributed by atoms with van der Waals surface area (Å²) < 4.78 is 0. The molecule has 0 unspecified atom stereocenters. The van der Waals surface area contributed by atoms with E-state index in [2.05, 4.69) is 39.5 Å². The second kappa shape index (κ2) is 8.91. The van der Waals surface area contributed by atoms with Gasteiger partial charge in [0.15, 0.2) is 0 Å². The number of rotatable bonds is 3. The maximum Gasteiger partial charge on any atom is 0.255 e. The average Bonchev–Trinajstić information content (AvgIpc) is 3.23. The molecule has 1 amide bonds. The van der Waals surface area contributed by atoms with Crippen LogP contribution in [0.2, 0.25) is 0 Å². The molecule has 0 radical (unpaired) electrons. The lowest BCUT2D eigenvalue weighted by atomic mass is 10.0. The van der Waals surface area contributed by atoms with Crippen LogP contribution in [0.1, 0.15) is 10.4 Å². The molecule has 1 aromatic heterocycles. The lowest BCUT2D eigenvalue weighted by Crippen LogP contribution is -2.31. The number of hydrogen-bond donors (Lipinski definition) is 1. The van der Waals surface area contributed by atoms with Gasteiger partial charge < -0.3 is 15.1 Å². The predicted molar refractivity (Wildman–Crippen MR) is 114 cm³/mol. The molecule has 0 saturated carbocycles. The molecule has 7 heteroatoms. The van der Waals surface area contributed by atoms with E-state index in [1.807, 2.05) is 31.3 Å². The number of nitrogens with one attached hydrogen (secondary N) is 1. The number of halogens is 2. The second-order valence-corrected chi connectivity index (χ2v) is 7.29. The quantitative estimate of drug-likeness (QED) is 0.847. The van der Waals surface area contributed by atoms with Crippen molar-refractivity contribution in [3.05, 3.63) is 48.3 Å². The third kappa shape index (κ3) is 4.37. The summed E-state index contributed by atoms with van der Waals surface area (Å²) in [7, 11) is 4.05. The molecular formula is C20H26Cl2N4O. The van der Waals surface area contributed by atoms with Crippen LogP contribution in [0.4, 0.5) is 5.69 Å². The minimum Gasteiger partial charge on any atom is -0.378 e. The highest BCUT2D eigenvalue weighted by molar-refractivity contribution is 5.95. The fourth-order valence-corrected chi connectivity index (χ4v) is 3.87. The summed E-state index contributed by atoms with van der Waals surface area (Å²) in [5, 5.41) is 3.41. The molecule has 2 aliphatic rings. The second-order valence-electron chi connectivity index (χ2n) is 7.29. The molecule has 2 atom stereocenters. The monoisotopic (exact) mass is 408 g/mol. The van der Waals surface area contributed by atoms with Gasteiger partial charge in [0.2, 0.25) is 0 Å². The number of aromatic nitrogens is 1. The maximum absolute atomic E-state index is 12.9. The SMILES string of the molecule is CN(C)c1ccc(-c2cncc(C(=O)N3C[C@H]4CNC[C@H]4C3)c2)cc1.Cl.Cl. The number of carbonyl (C=O) groups excluding carboxylic acids is 1. The molecular weight excluding hydrogens is 383 g/mol. The lowest BCUT2D eigenvalue weighted by molar-refractivity contribution is 0.0781. The standard InChI is InChI=1S/C20H24N4O.2ClH/c1-23(2)19-5-3-14(4-6-19)15-7-16(9-21-8-15)20(25)24-12-17-10-22-11-18(17)13-24;;/h3-9,17-18,22H,10-13H2,1-2H3;2*1H/t17-,18+;;. The molecule has 2 saturated heterocycles. The maximum atomic E-state index is 12.9. The zero-order valence-electron chi connectivity index (χ0n) is 15.6. The number of benzene rings is 1. The number of amides is 1. The van der Waals surface area contributed by atoms with Gasteiger partial charge in [0.05, 0.1) is 5.56 Å². The largest absolute Gasteiger partial charge is 0.378 e. The third-order valence-electron chi connectivity index (χ3n) is 5.38. The van der Waals surface area contributed by atoms with Gasteiger partial charge in [0.1, 0.15) is 0 Å². The average molecular weight is 409 g/mol. The van der Waals surface area contributed by atoms with Crippen LogP contribution in [-0.2, 0) is 0 Å². The first kappa shape index (κ1) is 21.5. The van der Waals surface area contributed by atoms with Gasteiger partial charge in [-0.15, -0.1) is 24.8 Å². The molecule has 5 nitrogen and oxygen atoms in total. The summed E-state index contributed by atoms with van der Waals surface area (Å²) in [6.45, 7) is 3.78. The number of fused-ring (bicyclic) bond motifs is 1. The predicted octanol–water partition coefficient (Wildman–Crippen LogP) is 2.95. The van der Waals surface area contributed by atoms with Crippen LogP contribution in [-0.4, -0.2) is 56.1 Å². The summed E-state index contributed by atoms with van der Waals surface area (Å²) in [6.07, 6.45) is 3.51. The number of carbonyl (C=O) groups is 1. The number of pyridine rings is 1.